The van der Waals surface area contributed by atoms with Gasteiger partial charge in [-0.1, -0.05) is 25.1 Å². The molecule has 0 heterocycles. The van der Waals surface area contributed by atoms with Crippen LogP contribution in [0.1, 0.15) is 37.6 Å². The Hall–Kier alpha value is -1.02. The molecular weight excluding hydrogens is 210 g/mol. The lowest BCUT2D eigenvalue weighted by Crippen LogP contribution is -2.12. The van der Waals surface area contributed by atoms with E-state index in [1.165, 1.54) is 0 Å². The van der Waals surface area contributed by atoms with Crippen LogP contribution < -0.4 is 5.32 Å². The number of benzene rings is 1. The Balaban J connectivity index is 2.80. The second-order valence-electron chi connectivity index (χ2n) is 3.50. The van der Waals surface area contributed by atoms with Crippen LogP contribution in [0.15, 0.2) is 24.3 Å². The van der Waals surface area contributed by atoms with E-state index in [9.17, 15) is 4.79 Å². The van der Waals surface area contributed by atoms with Crippen LogP contribution in [0.3, 0.4) is 0 Å². The molecule has 0 fully saturated rings. The molecular formula is C12H16ClNO. The average molecular weight is 226 g/mol. The zero-order valence-electron chi connectivity index (χ0n) is 9.09. The van der Waals surface area contributed by atoms with Crippen molar-refractivity contribution in [1.82, 2.24) is 0 Å². The van der Waals surface area contributed by atoms with Gasteiger partial charge in [-0.2, -0.15) is 0 Å². The molecule has 0 saturated heterocycles. The molecule has 1 aromatic carbocycles. The van der Waals surface area contributed by atoms with Crippen LogP contribution in [-0.4, -0.2) is 5.91 Å². The lowest BCUT2D eigenvalue weighted by Gasteiger charge is -2.11. The van der Waals surface area contributed by atoms with Crippen molar-refractivity contribution in [3.63, 3.8) is 0 Å². The maximum Gasteiger partial charge on any atom is 0.224 e. The smallest absolute Gasteiger partial charge is 0.224 e. The van der Waals surface area contributed by atoms with Crippen molar-refractivity contribution in [3.05, 3.63) is 29.8 Å². The normalized spacial score (nSPS) is 12.2. The minimum atomic E-state index is -0.0943. The molecule has 0 spiro atoms. The fourth-order valence-electron chi connectivity index (χ4n) is 1.40. The molecule has 82 valence electrons. The van der Waals surface area contributed by atoms with Gasteiger partial charge in [-0.25, -0.2) is 0 Å². The molecule has 1 N–H and O–H groups in total. The minimum absolute atomic E-state index is 0.0438. The van der Waals surface area contributed by atoms with Crippen molar-refractivity contribution >= 4 is 23.2 Å². The second kappa shape index (κ2) is 5.76. The van der Waals surface area contributed by atoms with Crippen LogP contribution in [0.25, 0.3) is 0 Å². The van der Waals surface area contributed by atoms with Crippen molar-refractivity contribution < 1.29 is 4.79 Å². The summed E-state index contributed by atoms with van der Waals surface area (Å²) in [6.45, 7) is 3.88. The minimum Gasteiger partial charge on any atom is -0.326 e. The topological polar surface area (TPSA) is 29.1 Å². The molecule has 0 aliphatic rings. The number of carbonyl (C=O) groups is 1. The Morgan fingerprint density at radius 3 is 2.73 bits per heavy atom. The predicted molar refractivity (Wildman–Crippen MR) is 64.2 cm³/mol. The standard InChI is InChI=1S/C12H16ClNO/c1-3-6-12(15)14-11-8-5-4-7-10(11)9(2)13/h4-5,7-9H,3,6H2,1-2H3,(H,14,15). The van der Waals surface area contributed by atoms with E-state index in [2.05, 4.69) is 5.32 Å². The quantitative estimate of drug-likeness (QED) is 0.778. The van der Waals surface area contributed by atoms with E-state index in [1.54, 1.807) is 0 Å². The highest BCUT2D eigenvalue weighted by atomic mass is 35.5. The Morgan fingerprint density at radius 2 is 2.13 bits per heavy atom. The van der Waals surface area contributed by atoms with Crippen LogP contribution in [0, 0.1) is 0 Å². The van der Waals surface area contributed by atoms with Crippen molar-refractivity contribution in [2.24, 2.45) is 0 Å². The molecule has 2 nitrogen and oxygen atoms in total. The van der Waals surface area contributed by atoms with E-state index in [0.29, 0.717) is 6.42 Å². The Bertz CT molecular complexity index is 336. The van der Waals surface area contributed by atoms with Crippen molar-refractivity contribution in [2.45, 2.75) is 32.1 Å². The SMILES string of the molecule is CCCC(=O)Nc1ccccc1C(C)Cl. The number of para-hydroxylation sites is 1. The summed E-state index contributed by atoms with van der Waals surface area (Å²) in [6, 6.07) is 7.62. The highest BCUT2D eigenvalue weighted by molar-refractivity contribution is 6.21. The first-order chi connectivity index (χ1) is 7.15. The van der Waals surface area contributed by atoms with E-state index >= 15 is 0 Å². The lowest BCUT2D eigenvalue weighted by molar-refractivity contribution is -0.116. The van der Waals surface area contributed by atoms with E-state index in [4.69, 9.17) is 11.6 Å². The summed E-state index contributed by atoms with van der Waals surface area (Å²) < 4.78 is 0. The Morgan fingerprint density at radius 1 is 1.47 bits per heavy atom. The van der Waals surface area contributed by atoms with Gasteiger partial charge in [-0.05, 0) is 25.0 Å². The van der Waals surface area contributed by atoms with Crippen LogP contribution in [-0.2, 0) is 4.79 Å². The number of amides is 1. The van der Waals surface area contributed by atoms with Gasteiger partial charge >= 0.3 is 0 Å². The molecule has 0 radical (unpaired) electrons. The molecule has 0 aliphatic carbocycles. The lowest BCUT2D eigenvalue weighted by atomic mass is 10.1. The van der Waals surface area contributed by atoms with Crippen molar-refractivity contribution in [3.8, 4) is 0 Å². The largest absolute Gasteiger partial charge is 0.326 e. The van der Waals surface area contributed by atoms with E-state index in [0.717, 1.165) is 17.7 Å². The highest BCUT2D eigenvalue weighted by Gasteiger charge is 2.09. The first kappa shape index (κ1) is 12.1. The van der Waals surface area contributed by atoms with Crippen molar-refractivity contribution in [1.29, 1.82) is 0 Å². The molecule has 0 aliphatic heterocycles. The van der Waals surface area contributed by atoms with Gasteiger partial charge in [0.15, 0.2) is 0 Å². The maximum absolute atomic E-state index is 11.4. The average Bonchev–Trinajstić information content (AvgIpc) is 2.18. The molecule has 1 unspecified atom stereocenters. The van der Waals surface area contributed by atoms with Crippen LogP contribution in [0.5, 0.6) is 0 Å². The zero-order chi connectivity index (χ0) is 11.3. The van der Waals surface area contributed by atoms with Gasteiger partial charge in [-0.15, -0.1) is 11.6 Å². The summed E-state index contributed by atoms with van der Waals surface area (Å²) in [5, 5.41) is 2.78. The summed E-state index contributed by atoms with van der Waals surface area (Å²) in [5.74, 6) is 0.0438. The molecule has 1 aromatic rings. The molecule has 0 bridgehead atoms. The third-order valence-electron chi connectivity index (χ3n) is 2.14. The number of nitrogens with one attached hydrogen (secondary N) is 1. The molecule has 3 heteroatoms. The van der Waals surface area contributed by atoms with Crippen molar-refractivity contribution in [2.75, 3.05) is 5.32 Å². The van der Waals surface area contributed by atoms with Gasteiger partial charge in [0, 0.05) is 12.1 Å². The summed E-state index contributed by atoms with van der Waals surface area (Å²) in [6.07, 6.45) is 1.40. The number of rotatable bonds is 4. The predicted octanol–water partition coefficient (Wildman–Crippen LogP) is 3.73. The van der Waals surface area contributed by atoms with Crippen LogP contribution in [0.2, 0.25) is 0 Å². The third kappa shape index (κ3) is 3.56. The summed E-state index contributed by atoms with van der Waals surface area (Å²) >= 11 is 6.02. The zero-order valence-corrected chi connectivity index (χ0v) is 9.84. The summed E-state index contributed by atoms with van der Waals surface area (Å²) in [5.41, 5.74) is 1.78. The van der Waals surface area contributed by atoms with Gasteiger partial charge in [0.25, 0.3) is 0 Å². The van der Waals surface area contributed by atoms with Gasteiger partial charge in [0.2, 0.25) is 5.91 Å². The monoisotopic (exact) mass is 225 g/mol. The number of alkyl halides is 1. The van der Waals surface area contributed by atoms with E-state index in [-0.39, 0.29) is 11.3 Å². The van der Waals surface area contributed by atoms with Gasteiger partial charge in [0.05, 0.1) is 5.38 Å². The van der Waals surface area contributed by atoms with E-state index in [1.807, 2.05) is 38.1 Å². The Labute approximate surface area is 95.6 Å². The van der Waals surface area contributed by atoms with Gasteiger partial charge in [0.1, 0.15) is 0 Å². The first-order valence-electron chi connectivity index (χ1n) is 5.18. The Kier molecular flexibility index (Phi) is 4.63. The molecule has 0 saturated carbocycles. The number of anilines is 1. The highest BCUT2D eigenvalue weighted by Crippen LogP contribution is 2.27. The maximum atomic E-state index is 11.4. The first-order valence-corrected chi connectivity index (χ1v) is 5.61. The van der Waals surface area contributed by atoms with E-state index < -0.39 is 0 Å². The molecule has 1 rings (SSSR count). The fourth-order valence-corrected chi connectivity index (χ4v) is 1.59. The molecule has 1 atom stereocenters. The summed E-state index contributed by atoms with van der Waals surface area (Å²) in [7, 11) is 0. The van der Waals surface area contributed by atoms with Gasteiger partial charge in [-0.3, -0.25) is 4.79 Å². The number of carbonyl (C=O) groups excluding carboxylic acids is 1. The second-order valence-corrected chi connectivity index (χ2v) is 4.16. The third-order valence-corrected chi connectivity index (χ3v) is 2.38. The van der Waals surface area contributed by atoms with Crippen LogP contribution in [0.4, 0.5) is 5.69 Å². The number of halogens is 1. The van der Waals surface area contributed by atoms with Gasteiger partial charge < -0.3 is 5.32 Å². The number of hydrogen-bond donors (Lipinski definition) is 1. The molecule has 0 aromatic heterocycles. The fraction of sp³-hybridized carbons (Fsp3) is 0.417. The van der Waals surface area contributed by atoms with Crippen LogP contribution >= 0.6 is 11.6 Å². The molecule has 1 amide bonds. The molecule has 15 heavy (non-hydrogen) atoms. The summed E-state index contributed by atoms with van der Waals surface area (Å²) in [4.78, 5) is 11.4. The number of hydrogen-bond acceptors (Lipinski definition) is 1.